The van der Waals surface area contributed by atoms with Gasteiger partial charge in [-0.25, -0.2) is 0 Å². The first-order valence-electron chi connectivity index (χ1n) is 15.0. The van der Waals surface area contributed by atoms with E-state index in [0.29, 0.717) is 5.41 Å². The van der Waals surface area contributed by atoms with Crippen LogP contribution in [0.5, 0.6) is 5.75 Å². The average Bonchev–Trinajstić information content (AvgIpc) is 3.54. The quantitative estimate of drug-likeness (QED) is 0.545. The first kappa shape index (κ1) is 24.7. The zero-order chi connectivity index (χ0) is 24.7. The van der Waals surface area contributed by atoms with Crippen LogP contribution in [0.1, 0.15) is 88.2 Å². The Morgan fingerprint density at radius 1 is 1.06 bits per heavy atom. The normalized spacial score (nSPS) is 35.2. The maximum atomic E-state index is 11.4. The number of carbonyl (C=O) groups is 1. The molecule has 0 unspecified atom stereocenters. The van der Waals surface area contributed by atoms with Crippen LogP contribution in [0.2, 0.25) is 0 Å². The van der Waals surface area contributed by atoms with Crippen LogP contribution < -0.4 is 10.5 Å². The number of ether oxygens (including phenoxy) is 1. The fraction of sp³-hybridized carbons (Fsp3) is 0.774. The second-order valence-electron chi connectivity index (χ2n) is 12.9. The molecule has 5 nitrogen and oxygen atoms in total. The van der Waals surface area contributed by atoms with E-state index in [2.05, 4.69) is 34.9 Å². The molecular formula is C31H47N3O2. The molecule has 1 amide bonds. The highest BCUT2D eigenvalue weighted by Crippen LogP contribution is 2.62. The van der Waals surface area contributed by atoms with Gasteiger partial charge in [0.15, 0.2) is 0 Å². The van der Waals surface area contributed by atoms with Crippen molar-refractivity contribution in [3.8, 4) is 5.75 Å². The van der Waals surface area contributed by atoms with E-state index in [1.165, 1.54) is 64.5 Å². The molecule has 2 saturated heterocycles. The van der Waals surface area contributed by atoms with Crippen molar-refractivity contribution < 1.29 is 9.53 Å². The Bertz CT molecular complexity index is 936. The Hall–Kier alpha value is -1.59. The molecule has 3 aliphatic carbocycles. The Balaban J connectivity index is 1.03. The number of aryl methyl sites for hydroxylation is 1. The summed E-state index contributed by atoms with van der Waals surface area (Å²) in [5.74, 6) is 3.56. The maximum Gasteiger partial charge on any atom is 0.220 e. The van der Waals surface area contributed by atoms with Crippen LogP contribution in [-0.4, -0.2) is 61.1 Å². The van der Waals surface area contributed by atoms with Crippen molar-refractivity contribution in [3.63, 3.8) is 0 Å². The van der Waals surface area contributed by atoms with Crippen molar-refractivity contribution in [1.82, 2.24) is 9.80 Å². The zero-order valence-electron chi connectivity index (χ0n) is 22.4. The van der Waals surface area contributed by atoms with Gasteiger partial charge in [0, 0.05) is 18.5 Å². The van der Waals surface area contributed by atoms with E-state index >= 15 is 0 Å². The molecule has 1 aromatic rings. The summed E-state index contributed by atoms with van der Waals surface area (Å²) in [6.45, 7) is 9.12. The largest absolute Gasteiger partial charge is 0.494 e. The molecule has 0 aromatic heterocycles. The Morgan fingerprint density at radius 2 is 1.86 bits per heavy atom. The molecule has 36 heavy (non-hydrogen) atoms. The van der Waals surface area contributed by atoms with E-state index in [1.807, 2.05) is 0 Å². The molecule has 5 aliphatic rings. The second-order valence-corrected chi connectivity index (χ2v) is 12.9. The van der Waals surface area contributed by atoms with Gasteiger partial charge in [-0.05, 0) is 143 Å². The molecule has 198 valence electrons. The first-order valence-corrected chi connectivity index (χ1v) is 15.0. The Kier molecular flexibility index (Phi) is 7.07. The fourth-order valence-corrected chi connectivity index (χ4v) is 9.19. The van der Waals surface area contributed by atoms with Gasteiger partial charge in [0.05, 0.1) is 6.61 Å². The van der Waals surface area contributed by atoms with Gasteiger partial charge >= 0.3 is 0 Å². The molecule has 0 bridgehead atoms. The van der Waals surface area contributed by atoms with Crippen LogP contribution in [0.3, 0.4) is 0 Å². The number of primary amides is 1. The minimum Gasteiger partial charge on any atom is -0.494 e. The fourth-order valence-electron chi connectivity index (χ4n) is 9.19. The lowest BCUT2D eigenvalue weighted by Crippen LogP contribution is -2.49. The van der Waals surface area contributed by atoms with Gasteiger partial charge in [-0.15, -0.1) is 0 Å². The Morgan fingerprint density at radius 3 is 2.64 bits per heavy atom. The van der Waals surface area contributed by atoms with Crippen LogP contribution in [0.25, 0.3) is 0 Å². The molecule has 2 N–H and O–H groups in total. The lowest BCUT2D eigenvalue weighted by molar-refractivity contribution is -0.123. The highest BCUT2D eigenvalue weighted by atomic mass is 16.5. The van der Waals surface area contributed by atoms with E-state index in [9.17, 15) is 4.79 Å². The van der Waals surface area contributed by atoms with Crippen molar-refractivity contribution >= 4 is 5.91 Å². The lowest BCUT2D eigenvalue weighted by atomic mass is 9.55. The third-order valence-electron chi connectivity index (χ3n) is 11.1. The number of hydrogen-bond donors (Lipinski definition) is 1. The minimum absolute atomic E-state index is 0.0747. The molecule has 2 heterocycles. The number of nitrogens with zero attached hydrogens (tertiary/aromatic N) is 2. The number of likely N-dealkylation sites (tertiary alicyclic amines) is 2. The van der Waals surface area contributed by atoms with E-state index in [0.717, 1.165) is 75.0 Å². The van der Waals surface area contributed by atoms with Gasteiger partial charge in [-0.1, -0.05) is 13.0 Å². The van der Waals surface area contributed by atoms with E-state index in [-0.39, 0.29) is 11.8 Å². The van der Waals surface area contributed by atoms with Crippen molar-refractivity contribution in [2.75, 3.05) is 39.3 Å². The molecule has 5 heteroatoms. The third-order valence-corrected chi connectivity index (χ3v) is 11.1. The lowest BCUT2D eigenvalue weighted by Gasteiger charge is -2.52. The number of hydrogen-bond acceptors (Lipinski definition) is 4. The molecule has 6 rings (SSSR count). The van der Waals surface area contributed by atoms with Gasteiger partial charge in [-0.3, -0.25) is 9.69 Å². The molecule has 5 atom stereocenters. The number of amides is 1. The van der Waals surface area contributed by atoms with Crippen molar-refractivity contribution in [1.29, 1.82) is 0 Å². The number of carbonyl (C=O) groups excluding carboxylic acids is 1. The van der Waals surface area contributed by atoms with E-state index < -0.39 is 0 Å². The molecule has 2 aliphatic heterocycles. The predicted octanol–water partition coefficient (Wildman–Crippen LogP) is 4.97. The summed E-state index contributed by atoms with van der Waals surface area (Å²) in [5, 5.41) is 0. The molecule has 0 spiro atoms. The van der Waals surface area contributed by atoms with Gasteiger partial charge in [-0.2, -0.15) is 0 Å². The smallest absolute Gasteiger partial charge is 0.220 e. The van der Waals surface area contributed by atoms with Crippen LogP contribution in [0.15, 0.2) is 18.2 Å². The number of fused-ring (bicyclic) bond motifs is 5. The van der Waals surface area contributed by atoms with Crippen LogP contribution in [0.4, 0.5) is 0 Å². The van der Waals surface area contributed by atoms with E-state index in [1.54, 1.807) is 11.1 Å². The highest BCUT2D eigenvalue weighted by Gasteiger charge is 2.56. The standard InChI is InChI=1S/C31H47N3O2/c1-31-14-11-26-25-8-6-24(36-20-4-15-33-18-12-22(13-19-33)30(32)35)21-23(25)5-7-27(26)28(31)9-10-29(31)34-16-2-3-17-34/h6,8,21-22,26-29H,2-5,7,9-20H2,1H3,(H2,32,35)/t26-,27-,28+,29+,31+/m1/s1. The van der Waals surface area contributed by atoms with Gasteiger partial charge in [0.1, 0.15) is 5.75 Å². The number of piperidine rings is 1. The second kappa shape index (κ2) is 10.3. The van der Waals surface area contributed by atoms with Crippen LogP contribution in [0, 0.1) is 23.2 Å². The number of benzene rings is 1. The first-order chi connectivity index (χ1) is 17.5. The summed E-state index contributed by atoms with van der Waals surface area (Å²) >= 11 is 0. The summed E-state index contributed by atoms with van der Waals surface area (Å²) in [6.07, 6.45) is 13.9. The molecule has 4 fully saturated rings. The average molecular weight is 494 g/mol. The molecule has 2 saturated carbocycles. The monoisotopic (exact) mass is 493 g/mol. The van der Waals surface area contributed by atoms with Crippen LogP contribution in [-0.2, 0) is 11.2 Å². The SMILES string of the molecule is C[C@]12CC[C@@H]3c4ccc(OCCCN5CCC(C(N)=O)CC5)cc4CC[C@H]3[C@@H]1CC[C@@H]2N1CCCC1. The summed E-state index contributed by atoms with van der Waals surface area (Å²) < 4.78 is 6.21. The van der Waals surface area contributed by atoms with Gasteiger partial charge in [0.25, 0.3) is 0 Å². The number of rotatable bonds is 7. The van der Waals surface area contributed by atoms with Gasteiger partial charge in [0.2, 0.25) is 5.91 Å². The van der Waals surface area contributed by atoms with Gasteiger partial charge < -0.3 is 15.4 Å². The minimum atomic E-state index is -0.131. The Labute approximate surface area is 218 Å². The summed E-state index contributed by atoms with van der Waals surface area (Å²) in [6, 6.07) is 7.87. The summed E-state index contributed by atoms with van der Waals surface area (Å²) in [4.78, 5) is 16.7. The number of nitrogens with two attached hydrogens (primary N) is 1. The van der Waals surface area contributed by atoms with Crippen molar-refractivity contribution in [2.24, 2.45) is 28.9 Å². The van der Waals surface area contributed by atoms with Crippen molar-refractivity contribution in [3.05, 3.63) is 29.3 Å². The zero-order valence-corrected chi connectivity index (χ0v) is 22.4. The summed E-state index contributed by atoms with van der Waals surface area (Å²) in [7, 11) is 0. The maximum absolute atomic E-state index is 11.4. The topological polar surface area (TPSA) is 58.8 Å². The van der Waals surface area contributed by atoms with E-state index in [4.69, 9.17) is 10.5 Å². The molecule has 0 radical (unpaired) electrons. The summed E-state index contributed by atoms with van der Waals surface area (Å²) in [5.41, 5.74) is 9.20. The van der Waals surface area contributed by atoms with Crippen molar-refractivity contribution in [2.45, 2.75) is 89.5 Å². The highest BCUT2D eigenvalue weighted by molar-refractivity contribution is 5.76. The molecule has 1 aromatic carbocycles. The molecular weight excluding hydrogens is 446 g/mol. The predicted molar refractivity (Wildman–Crippen MR) is 144 cm³/mol. The van der Waals surface area contributed by atoms with Crippen LogP contribution >= 0.6 is 0 Å². The third kappa shape index (κ3) is 4.60.